The molecular formula is C25H44FN3O5. The van der Waals surface area contributed by atoms with Crippen LogP contribution in [0.5, 0.6) is 0 Å². The van der Waals surface area contributed by atoms with Crippen LogP contribution in [0.15, 0.2) is 21.9 Å². The molecule has 0 spiro atoms. The second kappa shape index (κ2) is 16.2. The van der Waals surface area contributed by atoms with Gasteiger partial charge in [-0.1, -0.05) is 90.4 Å². The minimum absolute atomic E-state index is 0.260. The third-order valence-electron chi connectivity index (χ3n) is 6.68. The maximum atomic E-state index is 15.1. The van der Waals surface area contributed by atoms with E-state index in [4.69, 9.17) is 4.74 Å². The highest BCUT2D eigenvalue weighted by molar-refractivity contribution is 4.96. The molecule has 0 radical (unpaired) electrons. The molecule has 2 heterocycles. The topological polar surface area (TPSA) is 108 Å². The first-order valence-electron chi connectivity index (χ1n) is 13.2. The van der Waals surface area contributed by atoms with E-state index in [0.29, 0.717) is 6.42 Å². The maximum absolute atomic E-state index is 15.1. The van der Waals surface area contributed by atoms with Gasteiger partial charge in [-0.3, -0.25) is 14.3 Å². The number of rotatable bonds is 18. The van der Waals surface area contributed by atoms with Crippen molar-refractivity contribution in [1.29, 1.82) is 0 Å². The minimum Gasteiger partial charge on any atom is -0.394 e. The van der Waals surface area contributed by atoms with E-state index in [1.54, 1.807) is 0 Å². The lowest BCUT2D eigenvalue weighted by molar-refractivity contribution is -0.155. The van der Waals surface area contributed by atoms with Gasteiger partial charge in [0.15, 0.2) is 12.4 Å². The molecule has 0 aromatic carbocycles. The van der Waals surface area contributed by atoms with Crippen LogP contribution in [0.3, 0.4) is 0 Å². The summed E-state index contributed by atoms with van der Waals surface area (Å²) in [6.45, 7) is 2.01. The summed E-state index contributed by atoms with van der Waals surface area (Å²) >= 11 is 0. The van der Waals surface area contributed by atoms with Crippen LogP contribution >= 0.6 is 0 Å². The molecule has 0 aliphatic carbocycles. The number of unbranched alkanes of at least 4 members (excludes halogenated alkanes) is 13. The zero-order chi connectivity index (χ0) is 24.8. The highest BCUT2D eigenvalue weighted by Gasteiger charge is 2.48. The van der Waals surface area contributed by atoms with Crippen LogP contribution < -0.4 is 11.2 Å². The molecule has 1 aromatic heterocycles. The number of aliphatic hydroxyl groups excluding tert-OH is 1. The Morgan fingerprint density at radius 3 is 2.00 bits per heavy atom. The molecule has 1 aliphatic rings. The van der Waals surface area contributed by atoms with Crippen molar-refractivity contribution in [2.75, 3.05) is 13.2 Å². The summed E-state index contributed by atoms with van der Waals surface area (Å²) in [5, 5.41) is 20.9. The van der Waals surface area contributed by atoms with Crippen LogP contribution in [-0.4, -0.2) is 56.4 Å². The van der Waals surface area contributed by atoms with Crippen molar-refractivity contribution in [2.24, 2.45) is 0 Å². The monoisotopic (exact) mass is 485 g/mol. The number of ether oxygens (including phenoxy) is 1. The summed E-state index contributed by atoms with van der Waals surface area (Å²) in [4.78, 5) is 25.3. The number of hydrogen-bond donors (Lipinski definition) is 3. The molecule has 8 nitrogen and oxygen atoms in total. The van der Waals surface area contributed by atoms with Gasteiger partial charge in [-0.15, -0.1) is 0 Å². The van der Waals surface area contributed by atoms with E-state index >= 15 is 4.39 Å². The molecule has 1 aliphatic heterocycles. The van der Waals surface area contributed by atoms with Gasteiger partial charge in [0.05, 0.1) is 12.6 Å². The number of nitrogens with one attached hydrogen (secondary N) is 1. The van der Waals surface area contributed by atoms with Crippen LogP contribution in [0.4, 0.5) is 4.39 Å². The van der Waals surface area contributed by atoms with Crippen molar-refractivity contribution in [3.63, 3.8) is 0 Å². The minimum atomic E-state index is -1.74. The van der Waals surface area contributed by atoms with E-state index in [-0.39, 0.29) is 6.54 Å². The van der Waals surface area contributed by atoms with E-state index in [0.717, 1.165) is 41.2 Å². The second-order valence-electron chi connectivity index (χ2n) is 9.46. The van der Waals surface area contributed by atoms with Gasteiger partial charge in [-0.2, -0.15) is 5.06 Å². The summed E-state index contributed by atoms with van der Waals surface area (Å²) in [5.74, 6) is 0. The first-order chi connectivity index (χ1) is 16.5. The maximum Gasteiger partial charge on any atom is 0.330 e. The van der Waals surface area contributed by atoms with Crippen LogP contribution in [0.25, 0.3) is 0 Å². The summed E-state index contributed by atoms with van der Waals surface area (Å²) in [7, 11) is 0. The molecule has 196 valence electrons. The molecule has 0 amide bonds. The number of alkyl halides is 1. The molecule has 0 unspecified atom stereocenters. The number of hydroxylamine groups is 2. The third kappa shape index (κ3) is 9.24. The Balaban J connectivity index is 1.61. The molecule has 1 aromatic rings. The number of aliphatic hydroxyl groups is 1. The highest BCUT2D eigenvalue weighted by atomic mass is 19.1. The number of H-pyrrole nitrogens is 1. The molecule has 1 saturated heterocycles. The van der Waals surface area contributed by atoms with Crippen LogP contribution in [-0.2, 0) is 4.74 Å². The van der Waals surface area contributed by atoms with E-state index < -0.39 is 42.4 Å². The molecule has 34 heavy (non-hydrogen) atoms. The summed E-state index contributed by atoms with van der Waals surface area (Å²) in [6, 6.07) is 0.0141. The zero-order valence-electron chi connectivity index (χ0n) is 20.7. The largest absolute Gasteiger partial charge is 0.394 e. The lowest BCUT2D eigenvalue weighted by atomic mass is 10.0. The van der Waals surface area contributed by atoms with Crippen LogP contribution in [0.1, 0.15) is 103 Å². The van der Waals surface area contributed by atoms with Crippen molar-refractivity contribution < 1.29 is 19.4 Å². The van der Waals surface area contributed by atoms with Gasteiger partial charge in [-0.05, 0) is 6.42 Å². The second-order valence-corrected chi connectivity index (χ2v) is 9.46. The first-order valence-corrected chi connectivity index (χ1v) is 13.2. The first kappa shape index (κ1) is 28.7. The standard InChI is InChI=1S/C25H44FN3O5/c1-2-3-4-5-6-7-8-9-10-11-12-13-14-15-17-29(33)23-20(19-30)34-24(22(23)26)28-18-16-21(31)27-25(28)32/h16,18,20,22-24,30,33H,2-15,17,19H2,1H3,(H,27,31,32)/t20-,22+,23-,24+/m1/s1. The van der Waals surface area contributed by atoms with Gasteiger partial charge in [0.25, 0.3) is 5.56 Å². The number of aromatic amines is 1. The Labute approximate surface area is 202 Å². The van der Waals surface area contributed by atoms with Crippen molar-refractivity contribution in [2.45, 2.75) is 121 Å². The Morgan fingerprint density at radius 1 is 0.971 bits per heavy atom. The Bertz CT molecular complexity index is 786. The highest BCUT2D eigenvalue weighted by Crippen LogP contribution is 2.33. The molecule has 3 N–H and O–H groups in total. The third-order valence-corrected chi connectivity index (χ3v) is 6.68. The van der Waals surface area contributed by atoms with Gasteiger partial charge in [0, 0.05) is 18.8 Å². The lowest BCUT2D eigenvalue weighted by Gasteiger charge is -2.26. The van der Waals surface area contributed by atoms with E-state index in [1.165, 1.54) is 64.2 Å². The fraction of sp³-hybridized carbons (Fsp3) is 0.840. The molecule has 4 atom stereocenters. The van der Waals surface area contributed by atoms with Crippen LogP contribution in [0.2, 0.25) is 0 Å². The van der Waals surface area contributed by atoms with Gasteiger partial charge in [-0.25, -0.2) is 9.18 Å². The number of aromatic nitrogens is 2. The smallest absolute Gasteiger partial charge is 0.330 e. The molecule has 9 heteroatoms. The SMILES string of the molecule is CCCCCCCCCCCCCCCCN(O)[C@H]1[C@H](F)[C@@H](n2ccc(=O)[nH]c2=O)O[C@@H]1CO. The zero-order valence-corrected chi connectivity index (χ0v) is 20.7. The average Bonchev–Trinajstić information content (AvgIpc) is 3.15. The van der Waals surface area contributed by atoms with Gasteiger partial charge >= 0.3 is 5.69 Å². The van der Waals surface area contributed by atoms with Crippen molar-refractivity contribution in [3.8, 4) is 0 Å². The van der Waals surface area contributed by atoms with E-state index in [2.05, 4.69) is 11.9 Å². The van der Waals surface area contributed by atoms with Crippen molar-refractivity contribution in [1.82, 2.24) is 14.6 Å². The predicted octanol–water partition coefficient (Wildman–Crippen LogP) is 4.31. The van der Waals surface area contributed by atoms with Gasteiger partial charge in [0.2, 0.25) is 0 Å². The molecule has 1 fully saturated rings. The van der Waals surface area contributed by atoms with Gasteiger partial charge in [0.1, 0.15) is 6.10 Å². The van der Waals surface area contributed by atoms with E-state index in [1.807, 2.05) is 0 Å². The fourth-order valence-corrected chi connectivity index (χ4v) is 4.68. The summed E-state index contributed by atoms with van der Waals surface area (Å²) < 4.78 is 21.5. The number of halogens is 1. The number of nitrogens with zero attached hydrogens (tertiary/aromatic N) is 2. The quantitative estimate of drug-likeness (QED) is 0.211. The molecule has 0 saturated carbocycles. The normalized spacial score (nSPS) is 22.6. The summed E-state index contributed by atoms with van der Waals surface area (Å²) in [6.07, 6.45) is 14.3. The van der Waals surface area contributed by atoms with Crippen molar-refractivity contribution in [3.05, 3.63) is 33.1 Å². The molecular weight excluding hydrogens is 441 g/mol. The lowest BCUT2D eigenvalue weighted by Crippen LogP contribution is -2.46. The Hall–Kier alpha value is -1.55. The fourth-order valence-electron chi connectivity index (χ4n) is 4.68. The number of hydrogen-bond acceptors (Lipinski definition) is 6. The Kier molecular flexibility index (Phi) is 13.7. The van der Waals surface area contributed by atoms with Crippen LogP contribution in [0, 0.1) is 0 Å². The molecule has 2 rings (SSSR count). The predicted molar refractivity (Wildman–Crippen MR) is 130 cm³/mol. The average molecular weight is 486 g/mol. The molecule has 0 bridgehead atoms. The Morgan fingerprint density at radius 2 is 1.50 bits per heavy atom. The van der Waals surface area contributed by atoms with E-state index in [9.17, 15) is 19.9 Å². The summed E-state index contributed by atoms with van der Waals surface area (Å²) in [5.41, 5.74) is -1.39. The van der Waals surface area contributed by atoms with Crippen molar-refractivity contribution >= 4 is 0 Å². The van der Waals surface area contributed by atoms with Gasteiger partial charge < -0.3 is 15.1 Å².